The molecule has 1 fully saturated rings. The van der Waals surface area contributed by atoms with Crippen LogP contribution in [0.15, 0.2) is 23.8 Å². The van der Waals surface area contributed by atoms with E-state index in [1.54, 1.807) is 6.07 Å². The van der Waals surface area contributed by atoms with Gasteiger partial charge in [-0.25, -0.2) is 0 Å². The summed E-state index contributed by atoms with van der Waals surface area (Å²) in [6.07, 6.45) is 0.746. The Morgan fingerprint density at radius 1 is 1.32 bits per heavy atom. The van der Waals surface area contributed by atoms with Crippen LogP contribution in [-0.4, -0.2) is 105 Å². The minimum Gasteiger partial charge on any atom is -0.493 e. The number of halogens is 1. The van der Waals surface area contributed by atoms with Crippen LogP contribution in [0.4, 0.5) is 0 Å². The van der Waals surface area contributed by atoms with Crippen molar-refractivity contribution in [2.45, 2.75) is 43.6 Å². The summed E-state index contributed by atoms with van der Waals surface area (Å²) in [7, 11) is 2.95. The maximum atomic E-state index is 13.4. The molecule has 11 nitrogen and oxygen atoms in total. The molecule has 37 heavy (non-hydrogen) atoms. The van der Waals surface area contributed by atoms with Crippen molar-refractivity contribution in [3.05, 3.63) is 32.9 Å². The van der Waals surface area contributed by atoms with Gasteiger partial charge in [-0.15, -0.1) is 0 Å². The van der Waals surface area contributed by atoms with Crippen molar-refractivity contribution in [1.82, 2.24) is 10.2 Å². The Bertz CT molecular complexity index is 997. The molecule has 1 aromatic carbocycles. The quantitative estimate of drug-likeness (QED) is 0.224. The van der Waals surface area contributed by atoms with Crippen LogP contribution in [0.3, 0.4) is 0 Å². The predicted molar refractivity (Wildman–Crippen MR) is 141 cm³/mol. The third kappa shape index (κ3) is 7.19. The highest BCUT2D eigenvalue weighted by atomic mass is 127. The Morgan fingerprint density at radius 2 is 2.11 bits per heavy atom. The third-order valence-electron chi connectivity index (χ3n) is 6.28. The maximum Gasteiger partial charge on any atom is 0.252 e. The minimum atomic E-state index is -1.21. The fraction of sp³-hybridized carbons (Fsp3) is 0.560. The lowest BCUT2D eigenvalue weighted by Crippen LogP contribution is -2.57. The molecule has 1 aliphatic carbocycles. The highest BCUT2D eigenvalue weighted by Gasteiger charge is 2.42. The van der Waals surface area contributed by atoms with Gasteiger partial charge in [0.1, 0.15) is 24.6 Å². The summed E-state index contributed by atoms with van der Waals surface area (Å²) in [5, 5.41) is 23.2. The topological polar surface area (TPSA) is 144 Å². The van der Waals surface area contributed by atoms with Crippen molar-refractivity contribution >= 4 is 40.7 Å². The number of rotatable bonds is 12. The van der Waals surface area contributed by atoms with Crippen LogP contribution in [0.1, 0.15) is 29.6 Å². The Morgan fingerprint density at radius 3 is 2.73 bits per heavy atom. The molecule has 4 atom stereocenters. The number of carbonyl (C=O) groups is 3. The van der Waals surface area contributed by atoms with Crippen molar-refractivity contribution in [2.75, 3.05) is 47.1 Å². The minimum absolute atomic E-state index is 0.0516. The second-order valence-electron chi connectivity index (χ2n) is 8.69. The summed E-state index contributed by atoms with van der Waals surface area (Å²) in [5.41, 5.74) is 0.693. The average molecular weight is 632 g/mol. The molecule has 0 bridgehead atoms. The summed E-state index contributed by atoms with van der Waals surface area (Å²) >= 11 is 2.00. The molecule has 204 valence electrons. The van der Waals surface area contributed by atoms with E-state index in [9.17, 15) is 19.5 Å². The number of amides is 2. The normalized spacial score (nSPS) is 23.2. The summed E-state index contributed by atoms with van der Waals surface area (Å²) < 4.78 is 23.0. The van der Waals surface area contributed by atoms with Crippen LogP contribution in [0.5, 0.6) is 11.5 Å². The van der Waals surface area contributed by atoms with Crippen LogP contribution in [-0.2, 0) is 19.1 Å². The van der Waals surface area contributed by atoms with Gasteiger partial charge in [-0.3, -0.25) is 14.4 Å². The Balaban J connectivity index is 1.98. The van der Waals surface area contributed by atoms with Crippen molar-refractivity contribution < 1.29 is 43.5 Å². The first-order valence-corrected chi connectivity index (χ1v) is 13.1. The first-order chi connectivity index (χ1) is 17.8. The maximum absolute atomic E-state index is 13.4. The van der Waals surface area contributed by atoms with Gasteiger partial charge >= 0.3 is 0 Å². The molecule has 3 N–H and O–H groups in total. The van der Waals surface area contributed by atoms with E-state index in [-0.39, 0.29) is 44.4 Å². The van der Waals surface area contributed by atoms with Crippen molar-refractivity contribution in [1.29, 1.82) is 0 Å². The Labute approximate surface area is 229 Å². The van der Waals surface area contributed by atoms with Crippen molar-refractivity contribution in [3.63, 3.8) is 0 Å². The molecule has 12 heteroatoms. The van der Waals surface area contributed by atoms with Gasteiger partial charge in [-0.05, 0) is 53.6 Å². The number of hydrogen-bond donors (Lipinski definition) is 3. The molecule has 1 aromatic rings. The van der Waals surface area contributed by atoms with E-state index in [0.717, 1.165) is 6.42 Å². The number of carbonyl (C=O) groups excluding carboxylic acids is 3. The van der Waals surface area contributed by atoms with Gasteiger partial charge in [0, 0.05) is 44.4 Å². The number of ether oxygens (including phenoxy) is 4. The van der Waals surface area contributed by atoms with Crippen LogP contribution in [0, 0.1) is 3.57 Å². The van der Waals surface area contributed by atoms with E-state index in [1.165, 1.54) is 31.3 Å². The standard InChI is InChI=1S/C25H33IN2O9/c1-34-9-6-28(25(33)19-4-3-8-36-19)18-12-16(24(32)27-5-7-29)13-20(22(18)31)37-23-17(26)10-15(14-30)11-21(23)35-2/h10-11,13-14,18-20,22,29,31H,3-9,12H2,1-2H3,(H,27,32). The molecule has 4 unspecified atom stereocenters. The highest BCUT2D eigenvalue weighted by molar-refractivity contribution is 14.1. The van der Waals surface area contributed by atoms with Crippen LogP contribution >= 0.6 is 22.6 Å². The predicted octanol–water partition coefficient (Wildman–Crippen LogP) is 0.682. The van der Waals surface area contributed by atoms with Crippen LogP contribution < -0.4 is 14.8 Å². The zero-order valence-corrected chi connectivity index (χ0v) is 23.0. The molecule has 2 aliphatic rings. The summed E-state index contributed by atoms with van der Waals surface area (Å²) in [5.74, 6) is -0.140. The first-order valence-electron chi connectivity index (χ1n) is 12.0. The Kier molecular flexibility index (Phi) is 11.1. The van der Waals surface area contributed by atoms with Gasteiger partial charge in [0.15, 0.2) is 11.5 Å². The number of aldehydes is 1. The van der Waals surface area contributed by atoms with E-state index >= 15 is 0 Å². The second-order valence-corrected chi connectivity index (χ2v) is 9.86. The van der Waals surface area contributed by atoms with Gasteiger partial charge in [-0.1, -0.05) is 0 Å². The second kappa shape index (κ2) is 14.0. The first kappa shape index (κ1) is 29.3. The van der Waals surface area contributed by atoms with Crippen LogP contribution in [0.2, 0.25) is 0 Å². The number of benzene rings is 1. The molecule has 1 heterocycles. The number of nitrogens with zero attached hydrogens (tertiary/aromatic N) is 1. The lowest BCUT2D eigenvalue weighted by atomic mass is 9.87. The zero-order chi connectivity index (χ0) is 26.9. The molecule has 1 aliphatic heterocycles. The SMILES string of the molecule is COCCN(C(=O)C1CCCO1)C1CC(C(=O)NCCO)=CC(Oc2c(I)cc(C=O)cc2OC)C1O. The lowest BCUT2D eigenvalue weighted by molar-refractivity contribution is -0.149. The third-order valence-corrected chi connectivity index (χ3v) is 7.08. The molecule has 0 saturated carbocycles. The summed E-state index contributed by atoms with van der Waals surface area (Å²) in [6, 6.07) is 2.32. The number of methoxy groups -OCH3 is 2. The van der Waals surface area contributed by atoms with E-state index in [4.69, 9.17) is 24.1 Å². The van der Waals surface area contributed by atoms with E-state index in [2.05, 4.69) is 5.32 Å². The molecular formula is C25H33IN2O9. The fourth-order valence-corrected chi connectivity index (χ4v) is 5.18. The smallest absolute Gasteiger partial charge is 0.252 e. The number of nitrogens with one attached hydrogen (secondary N) is 1. The Hall–Kier alpha value is -2.26. The van der Waals surface area contributed by atoms with Crippen LogP contribution in [0.25, 0.3) is 0 Å². The molecule has 3 rings (SSSR count). The molecule has 1 saturated heterocycles. The van der Waals surface area contributed by atoms with Crippen molar-refractivity contribution in [3.8, 4) is 11.5 Å². The molecule has 0 aromatic heterocycles. The largest absolute Gasteiger partial charge is 0.493 e. The fourth-order valence-electron chi connectivity index (χ4n) is 4.42. The molecular weight excluding hydrogens is 599 g/mol. The van der Waals surface area contributed by atoms with E-state index in [0.29, 0.717) is 39.8 Å². The van der Waals surface area contributed by atoms with E-state index in [1.807, 2.05) is 22.6 Å². The summed E-state index contributed by atoms with van der Waals surface area (Å²) in [4.78, 5) is 39.1. The lowest BCUT2D eigenvalue weighted by Gasteiger charge is -2.41. The van der Waals surface area contributed by atoms with Crippen molar-refractivity contribution in [2.24, 2.45) is 0 Å². The molecule has 2 amide bonds. The van der Waals surface area contributed by atoms with E-state index < -0.39 is 30.3 Å². The van der Waals surface area contributed by atoms with Gasteiger partial charge in [-0.2, -0.15) is 0 Å². The van der Waals surface area contributed by atoms with Gasteiger partial charge in [0.2, 0.25) is 5.91 Å². The van der Waals surface area contributed by atoms with Gasteiger partial charge in [0.25, 0.3) is 5.91 Å². The number of aliphatic hydroxyl groups excluding tert-OH is 2. The zero-order valence-electron chi connectivity index (χ0n) is 20.9. The number of hydrogen-bond acceptors (Lipinski definition) is 9. The molecule has 0 spiro atoms. The highest BCUT2D eigenvalue weighted by Crippen LogP contribution is 2.37. The van der Waals surface area contributed by atoms with Gasteiger partial charge in [0.05, 0.1) is 29.9 Å². The number of aliphatic hydroxyl groups is 2. The molecule has 0 radical (unpaired) electrons. The van der Waals surface area contributed by atoms with Gasteiger partial charge < -0.3 is 39.4 Å². The average Bonchev–Trinajstić information content (AvgIpc) is 3.45. The summed E-state index contributed by atoms with van der Waals surface area (Å²) in [6.45, 7) is 0.708. The monoisotopic (exact) mass is 632 g/mol.